The highest BCUT2D eigenvalue weighted by atomic mass is 19.3. The van der Waals surface area contributed by atoms with E-state index in [0.29, 0.717) is 31.0 Å². The zero-order valence-electron chi connectivity index (χ0n) is 15.6. The number of benzene rings is 1. The van der Waals surface area contributed by atoms with Crippen molar-refractivity contribution in [2.24, 2.45) is 0 Å². The van der Waals surface area contributed by atoms with Crippen LogP contribution < -0.4 is 15.0 Å². The van der Waals surface area contributed by atoms with Gasteiger partial charge in [-0.25, -0.2) is 4.98 Å². The van der Waals surface area contributed by atoms with E-state index in [4.69, 9.17) is 4.74 Å². The molecule has 6 nitrogen and oxygen atoms in total. The molecule has 0 aliphatic rings. The summed E-state index contributed by atoms with van der Waals surface area (Å²) < 4.78 is 36.4. The molecule has 0 N–H and O–H groups in total. The van der Waals surface area contributed by atoms with Crippen LogP contribution in [-0.2, 0) is 13.1 Å². The minimum absolute atomic E-state index is 0.00692. The molecule has 0 saturated carbocycles. The van der Waals surface area contributed by atoms with Gasteiger partial charge in [-0.1, -0.05) is 12.1 Å². The van der Waals surface area contributed by atoms with Gasteiger partial charge in [-0.3, -0.25) is 14.1 Å². The second kappa shape index (κ2) is 8.79. The van der Waals surface area contributed by atoms with Gasteiger partial charge >= 0.3 is 6.61 Å². The van der Waals surface area contributed by atoms with Crippen LogP contribution in [-0.4, -0.2) is 34.6 Å². The molecule has 28 heavy (non-hydrogen) atoms. The Morgan fingerprint density at radius 3 is 2.71 bits per heavy atom. The molecule has 0 bridgehead atoms. The number of hydrogen-bond donors (Lipinski definition) is 0. The molecule has 0 unspecified atom stereocenters. The van der Waals surface area contributed by atoms with Crippen molar-refractivity contribution in [3.8, 4) is 11.5 Å². The zero-order chi connectivity index (χ0) is 20.1. The molecule has 0 aliphatic carbocycles. The van der Waals surface area contributed by atoms with Gasteiger partial charge in [0.1, 0.15) is 5.65 Å². The third kappa shape index (κ3) is 4.83. The van der Waals surface area contributed by atoms with Crippen LogP contribution in [0.1, 0.15) is 18.2 Å². The van der Waals surface area contributed by atoms with Gasteiger partial charge in [0.15, 0.2) is 11.5 Å². The predicted octanol–water partition coefficient (Wildman–Crippen LogP) is 3.33. The van der Waals surface area contributed by atoms with Gasteiger partial charge in [0.25, 0.3) is 5.56 Å². The minimum atomic E-state index is -2.91. The van der Waals surface area contributed by atoms with Crippen molar-refractivity contribution < 1.29 is 18.3 Å². The molecule has 0 amide bonds. The van der Waals surface area contributed by atoms with Crippen molar-refractivity contribution in [2.75, 3.05) is 13.7 Å². The average Bonchev–Trinajstić information content (AvgIpc) is 2.64. The molecule has 3 rings (SSSR count). The third-order valence-corrected chi connectivity index (χ3v) is 4.03. The molecule has 0 aliphatic heterocycles. The molecule has 148 valence electrons. The Labute approximate surface area is 161 Å². The van der Waals surface area contributed by atoms with E-state index in [9.17, 15) is 13.6 Å². The van der Waals surface area contributed by atoms with E-state index < -0.39 is 6.61 Å². The standard InChI is InChI=1S/C20H21F2N3O3/c1-3-27-17-10-14(7-8-16(17)28-20(21)22)12-24(2)13-15-11-19(26)25-9-5-4-6-18(25)23-15/h4-11,20H,3,12-13H2,1-2H3. The summed E-state index contributed by atoms with van der Waals surface area (Å²) in [5, 5.41) is 0. The molecular formula is C20H21F2N3O3. The van der Waals surface area contributed by atoms with E-state index >= 15 is 0 Å². The van der Waals surface area contributed by atoms with Gasteiger partial charge in [0.2, 0.25) is 0 Å². The van der Waals surface area contributed by atoms with E-state index in [1.165, 1.54) is 16.5 Å². The van der Waals surface area contributed by atoms with Crippen LogP contribution in [0.25, 0.3) is 5.65 Å². The number of aromatic nitrogens is 2. The Hall–Kier alpha value is -3.00. The molecule has 2 heterocycles. The summed E-state index contributed by atoms with van der Waals surface area (Å²) in [7, 11) is 1.89. The lowest BCUT2D eigenvalue weighted by molar-refractivity contribution is -0.0514. The number of ether oxygens (including phenoxy) is 2. The number of halogens is 2. The summed E-state index contributed by atoms with van der Waals surface area (Å²) in [5.74, 6) is 0.281. The van der Waals surface area contributed by atoms with E-state index in [-0.39, 0.29) is 17.1 Å². The summed E-state index contributed by atoms with van der Waals surface area (Å²) in [6.45, 7) is 0.176. The topological polar surface area (TPSA) is 56.1 Å². The molecule has 0 fully saturated rings. The number of rotatable bonds is 8. The van der Waals surface area contributed by atoms with E-state index in [0.717, 1.165) is 5.56 Å². The third-order valence-electron chi connectivity index (χ3n) is 4.03. The molecular weight excluding hydrogens is 368 g/mol. The molecule has 2 aromatic heterocycles. The Morgan fingerprint density at radius 1 is 1.14 bits per heavy atom. The zero-order valence-corrected chi connectivity index (χ0v) is 15.6. The number of hydrogen-bond acceptors (Lipinski definition) is 5. The highest BCUT2D eigenvalue weighted by Crippen LogP contribution is 2.30. The quantitative estimate of drug-likeness (QED) is 0.592. The molecule has 0 spiro atoms. The fourth-order valence-corrected chi connectivity index (χ4v) is 2.94. The second-order valence-corrected chi connectivity index (χ2v) is 6.28. The molecule has 8 heteroatoms. The maximum absolute atomic E-state index is 12.5. The van der Waals surface area contributed by atoms with E-state index in [2.05, 4.69) is 9.72 Å². The number of alkyl halides is 2. The highest BCUT2D eigenvalue weighted by Gasteiger charge is 2.13. The van der Waals surface area contributed by atoms with Crippen LogP contribution in [0, 0.1) is 0 Å². The number of fused-ring (bicyclic) bond motifs is 1. The van der Waals surface area contributed by atoms with Crippen LogP contribution in [0.4, 0.5) is 8.78 Å². The van der Waals surface area contributed by atoms with Gasteiger partial charge in [-0.05, 0) is 43.8 Å². The number of pyridine rings is 1. The Kier molecular flexibility index (Phi) is 6.20. The summed E-state index contributed by atoms with van der Waals surface area (Å²) in [6, 6.07) is 11.8. The Bertz CT molecular complexity index is 1010. The van der Waals surface area contributed by atoms with Crippen molar-refractivity contribution in [2.45, 2.75) is 26.6 Å². The van der Waals surface area contributed by atoms with Crippen molar-refractivity contribution >= 4 is 5.65 Å². The summed E-state index contributed by atoms with van der Waals surface area (Å²) in [5.41, 5.74) is 1.97. The maximum atomic E-state index is 12.5. The summed E-state index contributed by atoms with van der Waals surface area (Å²) in [6.07, 6.45) is 1.68. The van der Waals surface area contributed by atoms with Crippen LogP contribution in [0.15, 0.2) is 53.5 Å². The lowest BCUT2D eigenvalue weighted by atomic mass is 10.2. The Morgan fingerprint density at radius 2 is 1.96 bits per heavy atom. The lowest BCUT2D eigenvalue weighted by Crippen LogP contribution is -2.21. The Balaban J connectivity index is 1.75. The van der Waals surface area contributed by atoms with Crippen LogP contribution in [0.5, 0.6) is 11.5 Å². The first-order chi connectivity index (χ1) is 13.5. The van der Waals surface area contributed by atoms with E-state index in [1.54, 1.807) is 37.4 Å². The van der Waals surface area contributed by atoms with Crippen LogP contribution in [0.3, 0.4) is 0 Å². The lowest BCUT2D eigenvalue weighted by Gasteiger charge is -2.18. The van der Waals surface area contributed by atoms with Crippen molar-refractivity contribution in [3.05, 3.63) is 70.3 Å². The largest absolute Gasteiger partial charge is 0.490 e. The molecule has 0 saturated heterocycles. The highest BCUT2D eigenvalue weighted by molar-refractivity contribution is 5.43. The first-order valence-electron chi connectivity index (χ1n) is 8.82. The molecule has 0 radical (unpaired) electrons. The van der Waals surface area contributed by atoms with Gasteiger partial charge < -0.3 is 9.47 Å². The fourth-order valence-electron chi connectivity index (χ4n) is 2.94. The molecule has 3 aromatic rings. The smallest absolute Gasteiger partial charge is 0.387 e. The van der Waals surface area contributed by atoms with E-state index in [1.807, 2.05) is 18.0 Å². The van der Waals surface area contributed by atoms with Crippen molar-refractivity contribution in [1.29, 1.82) is 0 Å². The SMILES string of the molecule is CCOc1cc(CN(C)Cc2cc(=O)n3ccccc3n2)ccc1OC(F)F. The van der Waals surface area contributed by atoms with Crippen LogP contribution >= 0.6 is 0 Å². The normalized spacial score (nSPS) is 11.4. The monoisotopic (exact) mass is 389 g/mol. The van der Waals surface area contributed by atoms with Crippen molar-refractivity contribution in [1.82, 2.24) is 14.3 Å². The van der Waals surface area contributed by atoms with Crippen molar-refractivity contribution in [3.63, 3.8) is 0 Å². The minimum Gasteiger partial charge on any atom is -0.490 e. The average molecular weight is 389 g/mol. The fraction of sp³-hybridized carbons (Fsp3) is 0.300. The predicted molar refractivity (Wildman–Crippen MR) is 101 cm³/mol. The van der Waals surface area contributed by atoms with Gasteiger partial charge in [0.05, 0.1) is 12.3 Å². The van der Waals surface area contributed by atoms with Gasteiger partial charge in [-0.2, -0.15) is 8.78 Å². The summed E-state index contributed by atoms with van der Waals surface area (Å²) in [4.78, 5) is 18.7. The molecule has 1 aromatic carbocycles. The first kappa shape index (κ1) is 19.8. The second-order valence-electron chi connectivity index (χ2n) is 6.28. The van der Waals surface area contributed by atoms with Gasteiger partial charge in [-0.15, -0.1) is 0 Å². The molecule has 0 atom stereocenters. The van der Waals surface area contributed by atoms with Gasteiger partial charge in [0, 0.05) is 25.4 Å². The summed E-state index contributed by atoms with van der Waals surface area (Å²) >= 11 is 0. The number of nitrogens with zero attached hydrogens (tertiary/aromatic N) is 3. The van der Waals surface area contributed by atoms with Crippen LogP contribution in [0.2, 0.25) is 0 Å². The maximum Gasteiger partial charge on any atom is 0.387 e. The first-order valence-corrected chi connectivity index (χ1v) is 8.82.